The van der Waals surface area contributed by atoms with Gasteiger partial charge in [0.25, 0.3) is 0 Å². The molecule has 0 unspecified atom stereocenters. The smallest absolute Gasteiger partial charge is 0.390 e. The van der Waals surface area contributed by atoms with Crippen molar-refractivity contribution >= 4 is 0 Å². The summed E-state index contributed by atoms with van der Waals surface area (Å²) in [4.78, 5) is 24.2. The summed E-state index contributed by atoms with van der Waals surface area (Å²) in [5.41, 5.74) is 1.43. The van der Waals surface area contributed by atoms with Gasteiger partial charge in [0.05, 0.1) is 34.8 Å². The average molecular weight is 406 g/mol. The summed E-state index contributed by atoms with van der Waals surface area (Å²) in [6.45, 7) is 0.0572. The molecule has 0 aromatic carbocycles. The van der Waals surface area contributed by atoms with E-state index in [0.29, 0.717) is 11.4 Å². The number of aromatic nitrogens is 2. The van der Waals surface area contributed by atoms with E-state index in [2.05, 4.69) is 9.97 Å². The van der Waals surface area contributed by atoms with E-state index in [1.807, 2.05) is 24.3 Å². The SMILES string of the molecule is O=[N+]([O-])[O-].O=[N+]([O-])[O-].OCc1ccccn1.OCc1ccccn1.[Cu+2]. The molecule has 141 valence electrons. The number of nitrogens with zero attached hydrogens (tertiary/aromatic N) is 4. The van der Waals surface area contributed by atoms with Crippen LogP contribution in [0.2, 0.25) is 0 Å². The van der Waals surface area contributed by atoms with Gasteiger partial charge in [-0.3, -0.25) is 9.97 Å². The molecule has 1 radical (unpaired) electrons. The monoisotopic (exact) mass is 405 g/mol. The van der Waals surface area contributed by atoms with Crippen LogP contribution in [0.25, 0.3) is 0 Å². The second-order valence-electron chi connectivity index (χ2n) is 3.41. The number of hydrogen-bond acceptors (Lipinski definition) is 10. The fourth-order valence-corrected chi connectivity index (χ4v) is 0.983. The Labute approximate surface area is 152 Å². The molecule has 0 aliphatic rings. The molecule has 2 heterocycles. The molecule has 2 rings (SSSR count). The fraction of sp³-hybridized carbons (Fsp3) is 0.167. The van der Waals surface area contributed by atoms with E-state index in [4.69, 9.17) is 40.9 Å². The Hall–Kier alpha value is -2.86. The zero-order chi connectivity index (χ0) is 18.8. The Kier molecular flexibility index (Phi) is 20.7. The van der Waals surface area contributed by atoms with Crippen LogP contribution in [0.1, 0.15) is 11.4 Å². The van der Waals surface area contributed by atoms with Gasteiger partial charge in [0, 0.05) is 12.4 Å². The quantitative estimate of drug-likeness (QED) is 0.406. The van der Waals surface area contributed by atoms with Crippen LogP contribution >= 0.6 is 0 Å². The van der Waals surface area contributed by atoms with Crippen molar-refractivity contribution in [1.82, 2.24) is 9.97 Å². The second kappa shape index (κ2) is 19.2. The minimum absolute atomic E-state index is 0. The van der Waals surface area contributed by atoms with E-state index in [-0.39, 0.29) is 30.3 Å². The van der Waals surface area contributed by atoms with E-state index in [9.17, 15) is 0 Å². The zero-order valence-electron chi connectivity index (χ0n) is 12.5. The Morgan fingerprint density at radius 1 is 0.760 bits per heavy atom. The maximum atomic E-state index is 8.48. The third-order valence-corrected chi connectivity index (χ3v) is 1.78. The van der Waals surface area contributed by atoms with Gasteiger partial charge >= 0.3 is 17.1 Å². The van der Waals surface area contributed by atoms with E-state index < -0.39 is 10.2 Å². The van der Waals surface area contributed by atoms with Crippen LogP contribution in [0.5, 0.6) is 0 Å². The maximum absolute atomic E-state index is 8.48. The molecule has 13 heteroatoms. The standard InChI is InChI=1S/2C6H7NO.Cu.2NO3/c2*8-5-6-3-1-2-4-7-6;;2*2-1(3)4/h2*1-4,8H,5H2;;;/q;;+2;2*-1. The minimum Gasteiger partial charge on any atom is -0.390 e. The molecule has 2 aromatic heterocycles. The molecular weight excluding hydrogens is 392 g/mol. The van der Waals surface area contributed by atoms with Crippen LogP contribution in [0, 0.1) is 30.6 Å². The molecule has 0 spiro atoms. The molecule has 25 heavy (non-hydrogen) atoms. The van der Waals surface area contributed by atoms with Crippen molar-refractivity contribution < 1.29 is 37.5 Å². The number of hydrogen-bond donors (Lipinski definition) is 2. The van der Waals surface area contributed by atoms with Crippen LogP contribution in [-0.4, -0.2) is 30.4 Å². The normalized spacial score (nSPS) is 7.76. The summed E-state index contributed by atoms with van der Waals surface area (Å²) in [6, 6.07) is 10.9. The summed E-state index contributed by atoms with van der Waals surface area (Å²) in [5.74, 6) is 0. The Balaban J connectivity index is -0.000000270. The van der Waals surface area contributed by atoms with Crippen molar-refractivity contribution in [3.05, 3.63) is 90.8 Å². The van der Waals surface area contributed by atoms with Crippen molar-refractivity contribution in [2.45, 2.75) is 13.2 Å². The Morgan fingerprint density at radius 2 is 1.04 bits per heavy atom. The molecule has 0 aliphatic carbocycles. The first-order valence-corrected chi connectivity index (χ1v) is 5.98. The van der Waals surface area contributed by atoms with Gasteiger partial charge < -0.3 is 40.9 Å². The molecule has 0 fully saturated rings. The van der Waals surface area contributed by atoms with E-state index in [1.165, 1.54) is 0 Å². The fourth-order valence-electron chi connectivity index (χ4n) is 0.983. The van der Waals surface area contributed by atoms with Crippen molar-refractivity contribution in [3.63, 3.8) is 0 Å². The molecule has 0 saturated carbocycles. The minimum atomic E-state index is -1.75. The summed E-state index contributed by atoms with van der Waals surface area (Å²) in [7, 11) is 0. The van der Waals surface area contributed by atoms with Crippen LogP contribution in [0.3, 0.4) is 0 Å². The molecule has 0 atom stereocenters. The van der Waals surface area contributed by atoms with Gasteiger partial charge in [-0.1, -0.05) is 12.1 Å². The largest absolute Gasteiger partial charge is 2.00 e. The van der Waals surface area contributed by atoms with Gasteiger partial charge in [-0.25, -0.2) is 0 Å². The summed E-state index contributed by atoms with van der Waals surface area (Å²) in [6.07, 6.45) is 3.32. The van der Waals surface area contributed by atoms with Gasteiger partial charge in [-0.05, 0) is 24.3 Å². The van der Waals surface area contributed by atoms with Gasteiger partial charge in [0.2, 0.25) is 0 Å². The molecule has 12 nitrogen and oxygen atoms in total. The van der Waals surface area contributed by atoms with Crippen molar-refractivity contribution in [2.75, 3.05) is 0 Å². The summed E-state index contributed by atoms with van der Waals surface area (Å²) >= 11 is 0. The maximum Gasteiger partial charge on any atom is 2.00 e. The van der Waals surface area contributed by atoms with Crippen LogP contribution in [0.15, 0.2) is 48.8 Å². The van der Waals surface area contributed by atoms with Crippen LogP contribution in [0.4, 0.5) is 0 Å². The predicted molar refractivity (Wildman–Crippen MR) is 81.0 cm³/mol. The third kappa shape index (κ3) is 26.4. The number of rotatable bonds is 2. The first-order chi connectivity index (χ1) is 11.3. The number of aliphatic hydroxyl groups excluding tert-OH is 2. The van der Waals surface area contributed by atoms with Gasteiger partial charge in [0.15, 0.2) is 0 Å². The van der Waals surface area contributed by atoms with Crippen molar-refractivity contribution in [2.24, 2.45) is 0 Å². The second-order valence-corrected chi connectivity index (χ2v) is 3.41. The van der Waals surface area contributed by atoms with Crippen molar-refractivity contribution in [3.8, 4) is 0 Å². The van der Waals surface area contributed by atoms with Gasteiger partial charge in [0.1, 0.15) is 0 Å². The summed E-state index contributed by atoms with van der Waals surface area (Å²) in [5, 5.41) is 46.5. The van der Waals surface area contributed by atoms with E-state index in [0.717, 1.165) is 0 Å². The predicted octanol–water partition coefficient (Wildman–Crippen LogP) is 0.667. The first-order valence-electron chi connectivity index (χ1n) is 5.98. The average Bonchev–Trinajstić information content (AvgIpc) is 2.56. The van der Waals surface area contributed by atoms with Gasteiger partial charge in [-0.15, -0.1) is 0 Å². The first kappa shape index (κ1) is 27.0. The number of aliphatic hydroxyl groups is 2. The molecule has 2 aromatic rings. The molecule has 0 aliphatic heterocycles. The van der Waals surface area contributed by atoms with Gasteiger partial charge in [-0.2, -0.15) is 0 Å². The van der Waals surface area contributed by atoms with Crippen LogP contribution < -0.4 is 0 Å². The molecule has 0 saturated heterocycles. The Morgan fingerprint density at radius 3 is 1.16 bits per heavy atom. The Bertz CT molecular complexity index is 502. The topological polar surface area (TPSA) is 199 Å². The molecule has 0 bridgehead atoms. The number of pyridine rings is 2. The molecule has 2 N–H and O–H groups in total. The summed E-state index contributed by atoms with van der Waals surface area (Å²) < 4.78 is 0. The van der Waals surface area contributed by atoms with Crippen molar-refractivity contribution in [1.29, 1.82) is 0 Å². The van der Waals surface area contributed by atoms with E-state index in [1.54, 1.807) is 24.5 Å². The zero-order valence-corrected chi connectivity index (χ0v) is 13.4. The molecular formula is C12H14CuN4O8. The molecule has 0 amide bonds. The van der Waals surface area contributed by atoms with E-state index >= 15 is 0 Å². The third-order valence-electron chi connectivity index (χ3n) is 1.78. The van der Waals surface area contributed by atoms with Crippen LogP contribution in [-0.2, 0) is 30.3 Å².